The molecule has 0 aliphatic heterocycles. The number of rotatable bonds is 3. The van der Waals surface area contributed by atoms with Gasteiger partial charge >= 0.3 is 0 Å². The van der Waals surface area contributed by atoms with Crippen LogP contribution in [-0.2, 0) is 0 Å². The van der Waals surface area contributed by atoms with Crippen LogP contribution in [0.25, 0.3) is 0 Å². The van der Waals surface area contributed by atoms with Gasteiger partial charge in [-0.1, -0.05) is 17.7 Å². The second-order valence-electron chi connectivity index (χ2n) is 4.10. The molecular formula is C11H13ClN2O2. The predicted octanol–water partition coefficient (Wildman–Crippen LogP) is 1.18. The number of halogens is 1. The maximum absolute atomic E-state index is 11.9. The van der Waals surface area contributed by atoms with Crippen LogP contribution in [0.3, 0.4) is 0 Å². The average Bonchev–Trinajstić information content (AvgIpc) is 2.98. The molecule has 1 aliphatic rings. The second kappa shape index (κ2) is 3.96. The summed E-state index contributed by atoms with van der Waals surface area (Å²) in [5.74, 6) is -0.324. The number of hydrogen-bond donors (Lipinski definition) is 3. The van der Waals surface area contributed by atoms with Crippen LogP contribution >= 0.6 is 11.6 Å². The second-order valence-corrected chi connectivity index (χ2v) is 4.50. The van der Waals surface area contributed by atoms with Gasteiger partial charge in [0.05, 0.1) is 22.7 Å². The summed E-state index contributed by atoms with van der Waals surface area (Å²) >= 11 is 5.91. The van der Waals surface area contributed by atoms with Gasteiger partial charge in [-0.25, -0.2) is 0 Å². The smallest absolute Gasteiger partial charge is 0.255 e. The van der Waals surface area contributed by atoms with E-state index in [2.05, 4.69) is 5.32 Å². The minimum atomic E-state index is -0.456. The lowest BCUT2D eigenvalue weighted by Gasteiger charge is -2.15. The zero-order valence-electron chi connectivity index (χ0n) is 8.66. The van der Waals surface area contributed by atoms with Crippen molar-refractivity contribution in [2.75, 3.05) is 12.3 Å². The molecule has 0 atom stereocenters. The Hall–Kier alpha value is -1.26. The van der Waals surface area contributed by atoms with E-state index in [-0.39, 0.29) is 18.1 Å². The van der Waals surface area contributed by atoms with Crippen molar-refractivity contribution in [3.8, 4) is 0 Å². The lowest BCUT2D eigenvalue weighted by Crippen LogP contribution is -2.40. The number of hydrogen-bond acceptors (Lipinski definition) is 3. The summed E-state index contributed by atoms with van der Waals surface area (Å²) in [5, 5.41) is 12.2. The number of carbonyl (C=O) groups is 1. The highest BCUT2D eigenvalue weighted by Gasteiger charge is 2.43. The van der Waals surface area contributed by atoms with Crippen molar-refractivity contribution >= 4 is 23.2 Å². The van der Waals surface area contributed by atoms with E-state index in [9.17, 15) is 4.79 Å². The first-order valence-electron chi connectivity index (χ1n) is 5.05. The third-order valence-electron chi connectivity index (χ3n) is 2.81. The first-order valence-corrected chi connectivity index (χ1v) is 5.43. The summed E-state index contributed by atoms with van der Waals surface area (Å²) in [6.45, 7) is -0.0525. The molecule has 1 aromatic rings. The number of amides is 1. The Labute approximate surface area is 98.4 Å². The van der Waals surface area contributed by atoms with Crippen molar-refractivity contribution in [2.45, 2.75) is 18.4 Å². The van der Waals surface area contributed by atoms with E-state index in [0.29, 0.717) is 10.7 Å². The van der Waals surface area contributed by atoms with E-state index in [1.54, 1.807) is 18.2 Å². The Bertz CT molecular complexity index is 410. The van der Waals surface area contributed by atoms with Crippen LogP contribution in [0.2, 0.25) is 5.02 Å². The highest BCUT2D eigenvalue weighted by molar-refractivity contribution is 6.34. The zero-order chi connectivity index (χ0) is 11.8. The van der Waals surface area contributed by atoms with Crippen LogP contribution < -0.4 is 11.1 Å². The summed E-state index contributed by atoms with van der Waals surface area (Å²) in [4.78, 5) is 11.9. The van der Waals surface area contributed by atoms with Crippen LogP contribution in [0.5, 0.6) is 0 Å². The summed E-state index contributed by atoms with van der Waals surface area (Å²) < 4.78 is 0. The molecule has 4 nitrogen and oxygen atoms in total. The molecule has 0 spiro atoms. The molecule has 86 valence electrons. The van der Waals surface area contributed by atoms with Gasteiger partial charge in [0.25, 0.3) is 5.91 Å². The molecular weight excluding hydrogens is 228 g/mol. The number of carbonyl (C=O) groups excluding carboxylic acids is 1. The zero-order valence-corrected chi connectivity index (χ0v) is 9.42. The molecule has 5 heteroatoms. The minimum Gasteiger partial charge on any atom is -0.398 e. The van der Waals surface area contributed by atoms with Crippen LogP contribution in [0.4, 0.5) is 5.69 Å². The highest BCUT2D eigenvalue weighted by atomic mass is 35.5. The maximum atomic E-state index is 11.9. The largest absolute Gasteiger partial charge is 0.398 e. The number of benzene rings is 1. The molecule has 0 unspecified atom stereocenters. The van der Waals surface area contributed by atoms with Gasteiger partial charge in [-0.05, 0) is 25.0 Å². The van der Waals surface area contributed by atoms with Crippen LogP contribution in [0.1, 0.15) is 23.2 Å². The average molecular weight is 241 g/mol. The lowest BCUT2D eigenvalue weighted by molar-refractivity contribution is 0.0908. The number of nitrogens with two attached hydrogens (primary N) is 1. The Balaban J connectivity index is 2.21. The highest BCUT2D eigenvalue weighted by Crippen LogP contribution is 2.35. The third-order valence-corrected chi connectivity index (χ3v) is 3.12. The van der Waals surface area contributed by atoms with E-state index < -0.39 is 5.54 Å². The Morgan fingerprint density at radius 3 is 2.75 bits per heavy atom. The van der Waals surface area contributed by atoms with Crippen LogP contribution in [-0.4, -0.2) is 23.2 Å². The molecule has 2 rings (SSSR count). The third kappa shape index (κ3) is 1.99. The topological polar surface area (TPSA) is 75.4 Å². The van der Waals surface area contributed by atoms with Crippen molar-refractivity contribution in [1.82, 2.24) is 5.32 Å². The first kappa shape index (κ1) is 11.2. The molecule has 1 amide bonds. The van der Waals surface area contributed by atoms with Gasteiger partial charge in [0.1, 0.15) is 0 Å². The van der Waals surface area contributed by atoms with Crippen molar-refractivity contribution < 1.29 is 9.90 Å². The Morgan fingerprint density at radius 2 is 2.25 bits per heavy atom. The molecule has 0 heterocycles. The molecule has 1 saturated carbocycles. The van der Waals surface area contributed by atoms with E-state index in [1.165, 1.54) is 0 Å². The summed E-state index contributed by atoms with van der Waals surface area (Å²) in [5.41, 5.74) is 5.87. The first-order chi connectivity index (χ1) is 7.58. The van der Waals surface area contributed by atoms with Crippen molar-refractivity contribution in [3.63, 3.8) is 0 Å². The van der Waals surface area contributed by atoms with Gasteiger partial charge in [-0.3, -0.25) is 4.79 Å². The van der Waals surface area contributed by atoms with Crippen molar-refractivity contribution in [2.24, 2.45) is 0 Å². The van der Waals surface area contributed by atoms with Crippen LogP contribution in [0, 0.1) is 0 Å². The monoisotopic (exact) mass is 240 g/mol. The standard InChI is InChI=1S/C11H13ClN2O2/c12-7-2-1-3-8(13)9(7)10(16)14-11(6-15)4-5-11/h1-3,15H,4-6,13H2,(H,14,16). The Morgan fingerprint density at radius 1 is 1.56 bits per heavy atom. The quantitative estimate of drug-likeness (QED) is 0.695. The van der Waals surface area contributed by atoms with Gasteiger partial charge in [0, 0.05) is 5.69 Å². The predicted molar refractivity (Wildman–Crippen MR) is 62.4 cm³/mol. The molecule has 0 bridgehead atoms. The molecule has 0 saturated heterocycles. The van der Waals surface area contributed by atoms with E-state index in [0.717, 1.165) is 12.8 Å². The lowest BCUT2D eigenvalue weighted by atomic mass is 10.1. The minimum absolute atomic E-state index is 0.0525. The maximum Gasteiger partial charge on any atom is 0.255 e. The summed E-state index contributed by atoms with van der Waals surface area (Å²) in [6.07, 6.45) is 1.58. The molecule has 0 aromatic heterocycles. The number of aliphatic hydroxyl groups excluding tert-OH is 1. The van der Waals surface area contributed by atoms with Gasteiger partial charge in [-0.2, -0.15) is 0 Å². The molecule has 16 heavy (non-hydrogen) atoms. The van der Waals surface area contributed by atoms with Crippen molar-refractivity contribution in [1.29, 1.82) is 0 Å². The molecule has 0 radical (unpaired) electrons. The summed E-state index contributed by atoms with van der Waals surface area (Å²) in [6, 6.07) is 4.93. The molecule has 4 N–H and O–H groups in total. The summed E-state index contributed by atoms with van der Waals surface area (Å²) in [7, 11) is 0. The van der Waals surface area contributed by atoms with E-state index in [4.69, 9.17) is 22.4 Å². The fourth-order valence-corrected chi connectivity index (χ4v) is 1.82. The van der Waals surface area contributed by atoms with E-state index in [1.807, 2.05) is 0 Å². The van der Waals surface area contributed by atoms with Gasteiger partial charge in [0.2, 0.25) is 0 Å². The Kier molecular flexibility index (Phi) is 2.78. The number of nitrogens with one attached hydrogen (secondary N) is 1. The normalized spacial score (nSPS) is 16.9. The van der Waals surface area contributed by atoms with Gasteiger partial charge in [0.15, 0.2) is 0 Å². The molecule has 1 fully saturated rings. The molecule has 1 aromatic carbocycles. The number of anilines is 1. The number of aliphatic hydroxyl groups is 1. The van der Waals surface area contributed by atoms with Gasteiger partial charge in [-0.15, -0.1) is 0 Å². The van der Waals surface area contributed by atoms with Crippen LogP contribution in [0.15, 0.2) is 18.2 Å². The van der Waals surface area contributed by atoms with E-state index >= 15 is 0 Å². The van der Waals surface area contributed by atoms with Crippen molar-refractivity contribution in [3.05, 3.63) is 28.8 Å². The number of nitrogen functional groups attached to an aromatic ring is 1. The SMILES string of the molecule is Nc1cccc(Cl)c1C(=O)NC1(CO)CC1. The molecule has 1 aliphatic carbocycles. The fourth-order valence-electron chi connectivity index (χ4n) is 1.56. The van der Waals surface area contributed by atoms with Gasteiger partial charge < -0.3 is 16.2 Å². The fraction of sp³-hybridized carbons (Fsp3) is 0.364.